The number of likely N-dealkylation sites (tertiary alicyclic amines) is 1. The van der Waals surface area contributed by atoms with Gasteiger partial charge in [-0.3, -0.25) is 4.90 Å². The smallest absolute Gasteiger partial charge is 0.170 e. The summed E-state index contributed by atoms with van der Waals surface area (Å²) in [7, 11) is 0. The van der Waals surface area contributed by atoms with Crippen LogP contribution in [-0.4, -0.2) is 37.0 Å². The molecule has 0 aliphatic carbocycles. The van der Waals surface area contributed by atoms with E-state index in [1.54, 1.807) is 0 Å². The SMILES string of the molecule is NCc1cc(CN2CCC3(CC2)OCCO3)ccc1F. The highest BCUT2D eigenvalue weighted by Gasteiger charge is 2.39. The molecular formula is C15H21FN2O2. The number of piperidine rings is 1. The Balaban J connectivity index is 1.59. The van der Waals surface area contributed by atoms with Crippen LogP contribution >= 0.6 is 0 Å². The fourth-order valence-electron chi connectivity index (χ4n) is 2.98. The van der Waals surface area contributed by atoms with E-state index in [1.165, 1.54) is 6.07 Å². The molecule has 0 bridgehead atoms. The molecular weight excluding hydrogens is 259 g/mol. The van der Waals surface area contributed by atoms with Gasteiger partial charge in [-0.05, 0) is 11.6 Å². The van der Waals surface area contributed by atoms with E-state index in [4.69, 9.17) is 15.2 Å². The van der Waals surface area contributed by atoms with Gasteiger partial charge in [-0.15, -0.1) is 0 Å². The van der Waals surface area contributed by atoms with Crippen molar-refractivity contribution in [2.45, 2.75) is 31.7 Å². The van der Waals surface area contributed by atoms with Gasteiger partial charge in [-0.2, -0.15) is 0 Å². The van der Waals surface area contributed by atoms with Crippen molar-refractivity contribution in [3.05, 3.63) is 35.1 Å². The molecule has 20 heavy (non-hydrogen) atoms. The summed E-state index contributed by atoms with van der Waals surface area (Å²) >= 11 is 0. The van der Waals surface area contributed by atoms with Crippen LogP contribution in [0.1, 0.15) is 24.0 Å². The number of hydrogen-bond acceptors (Lipinski definition) is 4. The number of nitrogens with two attached hydrogens (primary N) is 1. The van der Waals surface area contributed by atoms with Crippen LogP contribution < -0.4 is 5.73 Å². The summed E-state index contributed by atoms with van der Waals surface area (Å²) < 4.78 is 24.9. The lowest BCUT2D eigenvalue weighted by Gasteiger charge is -2.37. The topological polar surface area (TPSA) is 47.7 Å². The minimum atomic E-state index is -0.332. The number of hydrogen-bond donors (Lipinski definition) is 1. The van der Waals surface area contributed by atoms with E-state index < -0.39 is 0 Å². The van der Waals surface area contributed by atoms with Gasteiger partial charge in [-0.25, -0.2) is 4.39 Å². The minimum absolute atomic E-state index is 0.221. The van der Waals surface area contributed by atoms with Crippen LogP contribution in [0.25, 0.3) is 0 Å². The van der Waals surface area contributed by atoms with E-state index in [0.717, 1.165) is 38.0 Å². The average molecular weight is 280 g/mol. The Morgan fingerprint density at radius 1 is 1.20 bits per heavy atom. The van der Waals surface area contributed by atoms with Crippen LogP contribution in [0.5, 0.6) is 0 Å². The lowest BCUT2D eigenvalue weighted by molar-refractivity contribution is -0.185. The van der Waals surface area contributed by atoms with Gasteiger partial charge < -0.3 is 15.2 Å². The summed E-state index contributed by atoms with van der Waals surface area (Å²) in [5, 5.41) is 0. The van der Waals surface area contributed by atoms with Crippen molar-refractivity contribution in [1.82, 2.24) is 4.90 Å². The van der Waals surface area contributed by atoms with Crippen molar-refractivity contribution in [1.29, 1.82) is 0 Å². The van der Waals surface area contributed by atoms with Gasteiger partial charge in [-0.1, -0.05) is 12.1 Å². The van der Waals surface area contributed by atoms with Gasteiger partial charge in [0.2, 0.25) is 0 Å². The largest absolute Gasteiger partial charge is 0.347 e. The van der Waals surface area contributed by atoms with E-state index in [1.807, 2.05) is 12.1 Å². The lowest BCUT2D eigenvalue weighted by atomic mass is 10.0. The summed E-state index contributed by atoms with van der Waals surface area (Å²) in [6.45, 7) is 4.36. The van der Waals surface area contributed by atoms with E-state index in [9.17, 15) is 4.39 Å². The predicted molar refractivity (Wildman–Crippen MR) is 73.4 cm³/mol. The van der Waals surface area contributed by atoms with Crippen LogP contribution in [0.4, 0.5) is 4.39 Å². The van der Waals surface area contributed by atoms with Gasteiger partial charge in [0.1, 0.15) is 5.82 Å². The third-order valence-electron chi connectivity index (χ3n) is 4.17. The summed E-state index contributed by atoms with van der Waals surface area (Å²) in [5.41, 5.74) is 7.23. The number of rotatable bonds is 3. The Bertz CT molecular complexity index is 465. The third kappa shape index (κ3) is 2.86. The van der Waals surface area contributed by atoms with Crippen molar-refractivity contribution in [3.63, 3.8) is 0 Å². The molecule has 4 nitrogen and oxygen atoms in total. The molecule has 2 saturated heterocycles. The summed E-state index contributed by atoms with van der Waals surface area (Å²) in [5.74, 6) is -0.552. The molecule has 2 fully saturated rings. The zero-order chi connectivity index (χ0) is 14.0. The predicted octanol–water partition coefficient (Wildman–Crippen LogP) is 1.62. The minimum Gasteiger partial charge on any atom is -0.347 e. The summed E-state index contributed by atoms with van der Waals surface area (Å²) in [6.07, 6.45) is 1.80. The van der Waals surface area contributed by atoms with Crippen LogP contribution in [0.3, 0.4) is 0 Å². The van der Waals surface area contributed by atoms with Crippen molar-refractivity contribution in [2.75, 3.05) is 26.3 Å². The molecule has 2 aliphatic rings. The quantitative estimate of drug-likeness (QED) is 0.914. The van der Waals surface area contributed by atoms with Crippen LogP contribution in [-0.2, 0) is 22.6 Å². The molecule has 3 rings (SSSR count). The van der Waals surface area contributed by atoms with Gasteiger partial charge in [0.15, 0.2) is 5.79 Å². The maximum Gasteiger partial charge on any atom is 0.170 e. The number of halogens is 1. The van der Waals surface area contributed by atoms with Crippen LogP contribution in [0.2, 0.25) is 0 Å². The number of nitrogens with zero attached hydrogens (tertiary/aromatic N) is 1. The molecule has 5 heteroatoms. The molecule has 0 saturated carbocycles. The summed E-state index contributed by atoms with van der Waals surface area (Å²) in [6, 6.07) is 5.20. The first-order valence-corrected chi connectivity index (χ1v) is 7.18. The molecule has 1 aromatic carbocycles. The van der Waals surface area contributed by atoms with Gasteiger partial charge in [0.25, 0.3) is 0 Å². The van der Waals surface area contributed by atoms with Crippen molar-refractivity contribution >= 4 is 0 Å². The van der Waals surface area contributed by atoms with Crippen LogP contribution in [0.15, 0.2) is 18.2 Å². The van der Waals surface area contributed by atoms with Crippen molar-refractivity contribution in [2.24, 2.45) is 5.73 Å². The summed E-state index contributed by atoms with van der Waals surface area (Å²) in [4.78, 5) is 2.35. The zero-order valence-corrected chi connectivity index (χ0v) is 11.6. The Morgan fingerprint density at radius 2 is 1.90 bits per heavy atom. The Kier molecular flexibility index (Phi) is 4.03. The first-order chi connectivity index (χ1) is 9.71. The average Bonchev–Trinajstić information content (AvgIpc) is 2.92. The van der Waals surface area contributed by atoms with E-state index >= 15 is 0 Å². The molecule has 2 N–H and O–H groups in total. The van der Waals surface area contributed by atoms with Gasteiger partial charge >= 0.3 is 0 Å². The lowest BCUT2D eigenvalue weighted by Crippen LogP contribution is -2.44. The molecule has 110 valence electrons. The molecule has 2 heterocycles. The Morgan fingerprint density at radius 3 is 2.55 bits per heavy atom. The highest BCUT2D eigenvalue weighted by atomic mass is 19.1. The Labute approximate surface area is 118 Å². The third-order valence-corrected chi connectivity index (χ3v) is 4.17. The first kappa shape index (κ1) is 13.9. The molecule has 0 radical (unpaired) electrons. The maximum atomic E-state index is 13.4. The monoisotopic (exact) mass is 280 g/mol. The second-order valence-corrected chi connectivity index (χ2v) is 5.51. The molecule has 0 aromatic heterocycles. The number of ether oxygens (including phenoxy) is 2. The molecule has 0 atom stereocenters. The normalized spacial score (nSPS) is 22.5. The fourth-order valence-corrected chi connectivity index (χ4v) is 2.98. The van der Waals surface area contributed by atoms with Crippen molar-refractivity contribution < 1.29 is 13.9 Å². The second kappa shape index (κ2) is 5.77. The van der Waals surface area contributed by atoms with Crippen molar-refractivity contribution in [3.8, 4) is 0 Å². The van der Waals surface area contributed by atoms with E-state index in [2.05, 4.69) is 4.90 Å². The molecule has 1 spiro atoms. The Hall–Kier alpha value is -1.01. The van der Waals surface area contributed by atoms with Gasteiger partial charge in [0, 0.05) is 44.6 Å². The zero-order valence-electron chi connectivity index (χ0n) is 11.6. The van der Waals surface area contributed by atoms with E-state index in [0.29, 0.717) is 18.8 Å². The second-order valence-electron chi connectivity index (χ2n) is 5.51. The molecule has 2 aliphatic heterocycles. The first-order valence-electron chi connectivity index (χ1n) is 7.18. The van der Waals surface area contributed by atoms with Crippen LogP contribution in [0, 0.1) is 5.82 Å². The molecule has 1 aromatic rings. The molecule has 0 amide bonds. The molecule has 0 unspecified atom stereocenters. The van der Waals surface area contributed by atoms with Gasteiger partial charge in [0.05, 0.1) is 13.2 Å². The highest BCUT2D eigenvalue weighted by Crippen LogP contribution is 2.31. The highest BCUT2D eigenvalue weighted by molar-refractivity contribution is 5.25. The number of benzene rings is 1. The van der Waals surface area contributed by atoms with E-state index in [-0.39, 0.29) is 18.1 Å². The fraction of sp³-hybridized carbons (Fsp3) is 0.600. The maximum absolute atomic E-state index is 13.4. The standard InChI is InChI=1S/C15H21FN2O2/c16-14-2-1-12(9-13(14)10-17)11-18-5-3-15(4-6-18)19-7-8-20-15/h1-2,9H,3-8,10-11,17H2.